The average Bonchev–Trinajstić information content (AvgIpc) is 2.94. The van der Waals surface area contributed by atoms with E-state index in [1.807, 2.05) is 45.0 Å². The minimum absolute atomic E-state index is 0.0476. The summed E-state index contributed by atoms with van der Waals surface area (Å²) in [5, 5.41) is 12.5. The molecule has 0 spiro atoms. The first-order chi connectivity index (χ1) is 11.3. The van der Waals surface area contributed by atoms with Gasteiger partial charge in [-0.2, -0.15) is 0 Å². The molecule has 2 aromatic rings. The van der Waals surface area contributed by atoms with Crippen molar-refractivity contribution in [3.05, 3.63) is 29.8 Å². The predicted octanol–water partition coefficient (Wildman–Crippen LogP) is 2.76. The van der Waals surface area contributed by atoms with Gasteiger partial charge in [-0.3, -0.25) is 10.1 Å². The number of imide groups is 1. The van der Waals surface area contributed by atoms with E-state index >= 15 is 0 Å². The molecule has 0 aliphatic rings. The van der Waals surface area contributed by atoms with E-state index in [-0.39, 0.29) is 11.3 Å². The van der Waals surface area contributed by atoms with Gasteiger partial charge in [0.15, 0.2) is 0 Å². The molecule has 0 aliphatic heterocycles. The van der Waals surface area contributed by atoms with Crippen LogP contribution in [0.5, 0.6) is 0 Å². The average molecular weight is 348 g/mol. The number of thioether (sulfide) groups is 1. The molecule has 0 fully saturated rings. The third-order valence-corrected chi connectivity index (χ3v) is 3.91. The largest absolute Gasteiger partial charge is 0.411 e. The first-order valence-corrected chi connectivity index (χ1v) is 8.41. The van der Waals surface area contributed by atoms with Crippen molar-refractivity contribution in [3.8, 4) is 11.5 Å². The second-order valence-electron chi connectivity index (χ2n) is 5.62. The highest BCUT2D eigenvalue weighted by Crippen LogP contribution is 2.26. The number of aromatic nitrogens is 2. The van der Waals surface area contributed by atoms with E-state index in [0.29, 0.717) is 5.89 Å². The summed E-state index contributed by atoms with van der Waals surface area (Å²) >= 11 is 1.10. The molecule has 0 radical (unpaired) electrons. The quantitative estimate of drug-likeness (QED) is 0.807. The Hall–Kier alpha value is -2.35. The molecule has 1 aromatic carbocycles. The minimum atomic E-state index is -0.547. The molecule has 2 N–H and O–H groups in total. The van der Waals surface area contributed by atoms with Crippen molar-refractivity contribution in [2.45, 2.75) is 44.2 Å². The molecule has 1 heterocycles. The summed E-state index contributed by atoms with van der Waals surface area (Å²) in [5.41, 5.74) is 1.91. The van der Waals surface area contributed by atoms with Gasteiger partial charge in [-0.05, 0) is 39.8 Å². The number of aryl methyl sites for hydroxylation is 1. The standard InChI is InChI=1S/C16H20N4O3S/c1-9(2)17-15(22)18-13(21)11(4)24-16-20-19-14(23-16)12-7-5-6-10(3)8-12/h5-9,11H,1-4H3,(H2,17,18,21,22)/t11-/m1/s1. The van der Waals surface area contributed by atoms with Crippen LogP contribution in [0.3, 0.4) is 0 Å². The number of amides is 3. The minimum Gasteiger partial charge on any atom is -0.411 e. The molecular formula is C16H20N4O3S. The van der Waals surface area contributed by atoms with Gasteiger partial charge in [0.1, 0.15) is 0 Å². The van der Waals surface area contributed by atoms with Crippen LogP contribution in [0, 0.1) is 6.92 Å². The first kappa shape index (κ1) is 18.0. The fourth-order valence-corrected chi connectivity index (χ4v) is 2.55. The highest BCUT2D eigenvalue weighted by Gasteiger charge is 2.20. The Bertz CT molecular complexity index is 730. The van der Waals surface area contributed by atoms with Crippen LogP contribution in [0.2, 0.25) is 0 Å². The van der Waals surface area contributed by atoms with Crippen molar-refractivity contribution in [1.82, 2.24) is 20.8 Å². The van der Waals surface area contributed by atoms with E-state index in [0.717, 1.165) is 22.9 Å². The summed E-state index contributed by atoms with van der Waals surface area (Å²) in [6.45, 7) is 7.27. The van der Waals surface area contributed by atoms with E-state index in [2.05, 4.69) is 20.8 Å². The van der Waals surface area contributed by atoms with Crippen LogP contribution in [0.1, 0.15) is 26.3 Å². The number of carbonyl (C=O) groups excluding carboxylic acids is 2. The van der Waals surface area contributed by atoms with Crippen molar-refractivity contribution in [1.29, 1.82) is 0 Å². The van der Waals surface area contributed by atoms with Gasteiger partial charge < -0.3 is 9.73 Å². The zero-order chi connectivity index (χ0) is 17.7. The Balaban J connectivity index is 1.96. The molecule has 2 rings (SSSR count). The number of nitrogens with one attached hydrogen (secondary N) is 2. The summed E-state index contributed by atoms with van der Waals surface area (Å²) in [6.07, 6.45) is 0. The SMILES string of the molecule is Cc1cccc(-c2nnc(S[C@H](C)C(=O)NC(=O)NC(C)C)o2)c1. The van der Waals surface area contributed by atoms with E-state index in [1.54, 1.807) is 6.92 Å². The van der Waals surface area contributed by atoms with E-state index < -0.39 is 17.2 Å². The maximum Gasteiger partial charge on any atom is 0.321 e. The van der Waals surface area contributed by atoms with Gasteiger partial charge in [0.05, 0.1) is 5.25 Å². The first-order valence-electron chi connectivity index (χ1n) is 7.53. The molecule has 8 heteroatoms. The third-order valence-electron chi connectivity index (χ3n) is 2.97. The monoisotopic (exact) mass is 348 g/mol. The molecule has 0 saturated carbocycles. The van der Waals surface area contributed by atoms with Crippen molar-refractivity contribution < 1.29 is 14.0 Å². The third kappa shape index (κ3) is 5.09. The Morgan fingerprint density at radius 2 is 1.96 bits per heavy atom. The van der Waals surface area contributed by atoms with Gasteiger partial charge in [0.2, 0.25) is 11.8 Å². The topological polar surface area (TPSA) is 97.1 Å². The predicted molar refractivity (Wildman–Crippen MR) is 91.6 cm³/mol. The lowest BCUT2D eigenvalue weighted by Gasteiger charge is -2.11. The maximum atomic E-state index is 12.0. The van der Waals surface area contributed by atoms with Crippen LogP contribution < -0.4 is 10.6 Å². The molecule has 0 bridgehead atoms. The van der Waals surface area contributed by atoms with Crippen molar-refractivity contribution in [2.75, 3.05) is 0 Å². The second-order valence-corrected chi connectivity index (χ2v) is 6.91. The zero-order valence-electron chi connectivity index (χ0n) is 14.0. The number of urea groups is 1. The fourth-order valence-electron chi connectivity index (χ4n) is 1.87. The van der Waals surface area contributed by atoms with Gasteiger partial charge >= 0.3 is 6.03 Å². The molecule has 1 atom stereocenters. The fraction of sp³-hybridized carbons (Fsp3) is 0.375. The van der Waals surface area contributed by atoms with Gasteiger partial charge in [-0.25, -0.2) is 4.79 Å². The smallest absolute Gasteiger partial charge is 0.321 e. The van der Waals surface area contributed by atoms with Gasteiger partial charge in [0, 0.05) is 11.6 Å². The van der Waals surface area contributed by atoms with Crippen LogP contribution in [0.15, 0.2) is 33.9 Å². The van der Waals surface area contributed by atoms with E-state index in [4.69, 9.17) is 4.42 Å². The number of nitrogens with zero attached hydrogens (tertiary/aromatic N) is 2. The number of hydrogen-bond donors (Lipinski definition) is 2. The molecule has 128 valence electrons. The van der Waals surface area contributed by atoms with Crippen LogP contribution in [-0.2, 0) is 4.79 Å². The number of hydrogen-bond acceptors (Lipinski definition) is 6. The van der Waals surface area contributed by atoms with Crippen LogP contribution in [0.4, 0.5) is 4.79 Å². The van der Waals surface area contributed by atoms with Crippen LogP contribution >= 0.6 is 11.8 Å². The normalized spacial score (nSPS) is 12.0. The van der Waals surface area contributed by atoms with E-state index in [1.165, 1.54) is 0 Å². The zero-order valence-corrected chi connectivity index (χ0v) is 14.8. The maximum absolute atomic E-state index is 12.0. The highest BCUT2D eigenvalue weighted by molar-refractivity contribution is 8.00. The van der Waals surface area contributed by atoms with Gasteiger partial charge in [0.25, 0.3) is 5.22 Å². The molecule has 3 amide bonds. The van der Waals surface area contributed by atoms with Crippen molar-refractivity contribution in [3.63, 3.8) is 0 Å². The van der Waals surface area contributed by atoms with Crippen molar-refractivity contribution >= 4 is 23.7 Å². The number of carbonyl (C=O) groups is 2. The number of benzene rings is 1. The molecular weight excluding hydrogens is 328 g/mol. The second kappa shape index (κ2) is 7.96. The molecule has 24 heavy (non-hydrogen) atoms. The molecule has 7 nitrogen and oxygen atoms in total. The summed E-state index contributed by atoms with van der Waals surface area (Å²) in [7, 11) is 0. The molecule has 1 aromatic heterocycles. The Kier molecular flexibility index (Phi) is 5.97. The lowest BCUT2D eigenvalue weighted by molar-refractivity contribution is -0.119. The summed E-state index contributed by atoms with van der Waals surface area (Å²) in [4.78, 5) is 23.5. The molecule has 0 saturated heterocycles. The summed E-state index contributed by atoms with van der Waals surface area (Å²) < 4.78 is 5.58. The van der Waals surface area contributed by atoms with Crippen LogP contribution in [0.25, 0.3) is 11.5 Å². The van der Waals surface area contributed by atoms with E-state index in [9.17, 15) is 9.59 Å². The molecule has 0 unspecified atom stereocenters. The van der Waals surface area contributed by atoms with Gasteiger partial charge in [-0.1, -0.05) is 29.5 Å². The van der Waals surface area contributed by atoms with Crippen molar-refractivity contribution in [2.24, 2.45) is 0 Å². The Morgan fingerprint density at radius 3 is 2.62 bits per heavy atom. The number of rotatable bonds is 5. The Morgan fingerprint density at radius 1 is 1.21 bits per heavy atom. The lowest BCUT2D eigenvalue weighted by Crippen LogP contribution is -2.45. The summed E-state index contributed by atoms with van der Waals surface area (Å²) in [6, 6.07) is 7.13. The van der Waals surface area contributed by atoms with Crippen LogP contribution in [-0.4, -0.2) is 33.4 Å². The lowest BCUT2D eigenvalue weighted by atomic mass is 10.1. The molecule has 0 aliphatic carbocycles. The van der Waals surface area contributed by atoms with Gasteiger partial charge in [-0.15, -0.1) is 10.2 Å². The summed E-state index contributed by atoms with van der Waals surface area (Å²) in [5.74, 6) is -0.0279. The Labute approximate surface area is 144 Å². The highest BCUT2D eigenvalue weighted by atomic mass is 32.2.